The summed E-state index contributed by atoms with van der Waals surface area (Å²) >= 11 is 0. The minimum absolute atomic E-state index is 1.08. The second-order valence-electron chi connectivity index (χ2n) is 10.7. The summed E-state index contributed by atoms with van der Waals surface area (Å²) in [4.78, 5) is 0. The Morgan fingerprint density at radius 2 is 0.615 bits per heavy atom. The third kappa shape index (κ3) is 6.56. The lowest BCUT2D eigenvalue weighted by molar-refractivity contribution is 0.161. The summed E-state index contributed by atoms with van der Waals surface area (Å²) in [6.07, 6.45) is 27.7. The summed E-state index contributed by atoms with van der Waals surface area (Å²) in [6.45, 7) is 4.72. The third-order valence-corrected chi connectivity index (χ3v) is 8.63. The van der Waals surface area contributed by atoms with E-state index in [1.165, 1.54) is 25.7 Å². The fraction of sp³-hybridized carbons (Fsp3) is 1.00. The van der Waals surface area contributed by atoms with E-state index in [-0.39, 0.29) is 0 Å². The largest absolute Gasteiger partial charge is 0.0654 e. The molecule has 0 aromatic carbocycles. The van der Waals surface area contributed by atoms with Crippen LogP contribution in [0.5, 0.6) is 0 Å². The Labute approximate surface area is 165 Å². The van der Waals surface area contributed by atoms with Crippen molar-refractivity contribution in [3.8, 4) is 0 Å². The van der Waals surface area contributed by atoms with Gasteiger partial charge in [0, 0.05) is 0 Å². The van der Waals surface area contributed by atoms with Gasteiger partial charge in [-0.3, -0.25) is 0 Å². The molecule has 3 aliphatic rings. The zero-order chi connectivity index (χ0) is 18.2. The molecule has 0 unspecified atom stereocenters. The molecule has 0 radical (unpaired) electrons. The second-order valence-corrected chi connectivity index (χ2v) is 10.7. The van der Waals surface area contributed by atoms with Crippen LogP contribution in [0.3, 0.4) is 0 Å². The lowest BCUT2D eigenvalue weighted by Crippen LogP contribution is -2.23. The van der Waals surface area contributed by atoms with E-state index in [0.717, 1.165) is 35.5 Å². The van der Waals surface area contributed by atoms with Crippen LogP contribution < -0.4 is 0 Å². The quantitative estimate of drug-likeness (QED) is 0.405. The van der Waals surface area contributed by atoms with E-state index in [2.05, 4.69) is 13.8 Å². The van der Waals surface area contributed by atoms with Crippen LogP contribution in [0.15, 0.2) is 0 Å². The van der Waals surface area contributed by atoms with Crippen molar-refractivity contribution in [1.29, 1.82) is 0 Å². The van der Waals surface area contributed by atoms with Gasteiger partial charge in [-0.05, 0) is 48.3 Å². The van der Waals surface area contributed by atoms with E-state index in [1.54, 1.807) is 89.9 Å². The molecule has 3 fully saturated rings. The molecule has 0 aromatic rings. The smallest absolute Gasteiger partial charge is 0.0411 e. The zero-order valence-electron chi connectivity index (χ0n) is 18.2. The highest BCUT2D eigenvalue weighted by atomic mass is 14.3. The highest BCUT2D eigenvalue weighted by Crippen LogP contribution is 2.42. The molecule has 0 saturated heterocycles. The minimum atomic E-state index is 1.08. The Morgan fingerprint density at radius 3 is 0.846 bits per heavy atom. The summed E-state index contributed by atoms with van der Waals surface area (Å²) in [6, 6.07) is 0. The standard InChI is InChI=1S/C26H48/c1-3-5-21-7-11-23(12-8-21)19-25-15-17-26(18-16-25)20-24-13-9-22(6-4-2)10-14-24/h21-26H,3-20H2,1-2H3/t21-,22-,23-,24-,25-,26-. The molecule has 152 valence electrons. The van der Waals surface area contributed by atoms with Crippen molar-refractivity contribution < 1.29 is 0 Å². The summed E-state index contributed by atoms with van der Waals surface area (Å²) in [7, 11) is 0. The van der Waals surface area contributed by atoms with Crippen LogP contribution in [0.1, 0.15) is 129 Å². The number of hydrogen-bond donors (Lipinski definition) is 0. The molecule has 26 heavy (non-hydrogen) atoms. The molecule has 0 nitrogen and oxygen atoms in total. The van der Waals surface area contributed by atoms with E-state index >= 15 is 0 Å². The second kappa shape index (κ2) is 11.1. The van der Waals surface area contributed by atoms with Gasteiger partial charge in [0.15, 0.2) is 0 Å². The van der Waals surface area contributed by atoms with Crippen LogP contribution in [0.25, 0.3) is 0 Å². The van der Waals surface area contributed by atoms with Gasteiger partial charge in [0.1, 0.15) is 0 Å². The van der Waals surface area contributed by atoms with Crippen LogP contribution in [0.2, 0.25) is 0 Å². The molecule has 0 amide bonds. The first-order valence-corrected chi connectivity index (χ1v) is 12.8. The number of hydrogen-bond acceptors (Lipinski definition) is 0. The van der Waals surface area contributed by atoms with E-state index in [0.29, 0.717) is 0 Å². The van der Waals surface area contributed by atoms with E-state index in [4.69, 9.17) is 0 Å². The van der Waals surface area contributed by atoms with Crippen molar-refractivity contribution in [3.63, 3.8) is 0 Å². The normalized spacial score (nSPS) is 39.0. The van der Waals surface area contributed by atoms with Crippen molar-refractivity contribution >= 4 is 0 Å². The minimum Gasteiger partial charge on any atom is -0.0654 e. The summed E-state index contributed by atoms with van der Waals surface area (Å²) in [5.74, 6) is 6.55. The van der Waals surface area contributed by atoms with E-state index in [1.807, 2.05) is 0 Å². The van der Waals surface area contributed by atoms with Gasteiger partial charge >= 0.3 is 0 Å². The molecule has 0 bridgehead atoms. The third-order valence-electron chi connectivity index (χ3n) is 8.63. The predicted molar refractivity (Wildman–Crippen MR) is 115 cm³/mol. The van der Waals surface area contributed by atoms with Crippen LogP contribution in [0.4, 0.5) is 0 Å². The Bertz CT molecular complexity index is 312. The Hall–Kier alpha value is 0. The Balaban J connectivity index is 1.28. The molecular weight excluding hydrogens is 312 g/mol. The highest BCUT2D eigenvalue weighted by Gasteiger charge is 2.29. The maximum atomic E-state index is 2.36. The SMILES string of the molecule is CCC[C@H]1CC[C@H](C[C@H]2CC[C@H](C[C@H]3CC[C@H](CCC)CC3)CC2)CC1. The monoisotopic (exact) mass is 360 g/mol. The van der Waals surface area contributed by atoms with E-state index < -0.39 is 0 Å². The molecular formula is C26H48. The van der Waals surface area contributed by atoms with Gasteiger partial charge in [-0.25, -0.2) is 0 Å². The average Bonchev–Trinajstić information content (AvgIpc) is 2.67. The molecule has 0 atom stereocenters. The van der Waals surface area contributed by atoms with Gasteiger partial charge in [-0.2, -0.15) is 0 Å². The van der Waals surface area contributed by atoms with Crippen LogP contribution in [-0.2, 0) is 0 Å². The average molecular weight is 361 g/mol. The molecule has 3 aliphatic carbocycles. The Morgan fingerprint density at radius 1 is 0.385 bits per heavy atom. The topological polar surface area (TPSA) is 0 Å². The lowest BCUT2D eigenvalue weighted by atomic mass is 9.70. The van der Waals surface area contributed by atoms with Crippen LogP contribution in [0, 0.1) is 35.5 Å². The number of rotatable bonds is 8. The summed E-state index contributed by atoms with van der Waals surface area (Å²) in [5, 5.41) is 0. The fourth-order valence-electron chi connectivity index (χ4n) is 6.97. The summed E-state index contributed by atoms with van der Waals surface area (Å²) < 4.78 is 0. The molecule has 3 saturated carbocycles. The molecule has 0 aromatic heterocycles. The van der Waals surface area contributed by atoms with Crippen LogP contribution in [-0.4, -0.2) is 0 Å². The molecule has 3 rings (SSSR count). The van der Waals surface area contributed by atoms with Crippen LogP contribution >= 0.6 is 0 Å². The molecule has 0 heteroatoms. The fourth-order valence-corrected chi connectivity index (χ4v) is 6.97. The van der Waals surface area contributed by atoms with Crippen molar-refractivity contribution in [2.24, 2.45) is 35.5 Å². The van der Waals surface area contributed by atoms with Crippen molar-refractivity contribution in [1.82, 2.24) is 0 Å². The zero-order valence-corrected chi connectivity index (χ0v) is 18.2. The molecule has 0 N–H and O–H groups in total. The molecule has 0 aliphatic heterocycles. The summed E-state index contributed by atoms with van der Waals surface area (Å²) in [5.41, 5.74) is 0. The lowest BCUT2D eigenvalue weighted by Gasteiger charge is -2.36. The maximum absolute atomic E-state index is 2.36. The molecule has 0 spiro atoms. The van der Waals surface area contributed by atoms with Crippen molar-refractivity contribution in [2.45, 2.75) is 129 Å². The van der Waals surface area contributed by atoms with Gasteiger partial charge in [0.25, 0.3) is 0 Å². The molecule has 0 heterocycles. The van der Waals surface area contributed by atoms with Crippen molar-refractivity contribution in [2.75, 3.05) is 0 Å². The van der Waals surface area contributed by atoms with Crippen molar-refractivity contribution in [3.05, 3.63) is 0 Å². The van der Waals surface area contributed by atoms with Gasteiger partial charge < -0.3 is 0 Å². The first-order chi connectivity index (χ1) is 12.8. The van der Waals surface area contributed by atoms with E-state index in [9.17, 15) is 0 Å². The first-order valence-electron chi connectivity index (χ1n) is 12.8. The highest BCUT2D eigenvalue weighted by molar-refractivity contribution is 4.81. The Kier molecular flexibility index (Phi) is 8.86. The maximum Gasteiger partial charge on any atom is -0.0411 e. The van der Waals surface area contributed by atoms with Gasteiger partial charge in [-0.1, -0.05) is 117 Å². The van der Waals surface area contributed by atoms with Gasteiger partial charge in [0.2, 0.25) is 0 Å². The van der Waals surface area contributed by atoms with Gasteiger partial charge in [0.05, 0.1) is 0 Å². The predicted octanol–water partition coefficient (Wildman–Crippen LogP) is 8.79. The van der Waals surface area contributed by atoms with Gasteiger partial charge in [-0.15, -0.1) is 0 Å². The first kappa shape index (κ1) is 20.7.